The van der Waals surface area contributed by atoms with E-state index in [0.29, 0.717) is 23.1 Å². The number of Topliss-reactive ketones (excluding diaryl/α,β-unsaturated/α-hetero) is 3. The van der Waals surface area contributed by atoms with E-state index in [-0.39, 0.29) is 28.6 Å². The van der Waals surface area contributed by atoms with Crippen molar-refractivity contribution in [3.63, 3.8) is 0 Å². The van der Waals surface area contributed by atoms with Crippen molar-refractivity contribution in [1.29, 1.82) is 0 Å². The van der Waals surface area contributed by atoms with Gasteiger partial charge in [-0.2, -0.15) is 0 Å². The van der Waals surface area contributed by atoms with Gasteiger partial charge in [-0.15, -0.1) is 0 Å². The van der Waals surface area contributed by atoms with Gasteiger partial charge in [0.05, 0.1) is 5.57 Å². The topological polar surface area (TPSA) is 94.8 Å². The minimum Gasteiger partial charge on any atom is -0.341 e. The summed E-state index contributed by atoms with van der Waals surface area (Å²) in [5, 5.41) is 5.61. The molecule has 0 bridgehead atoms. The molecule has 0 fully saturated rings. The van der Waals surface area contributed by atoms with E-state index in [4.69, 9.17) is 4.84 Å². The van der Waals surface area contributed by atoms with Crippen molar-refractivity contribution in [3.05, 3.63) is 88.5 Å². The van der Waals surface area contributed by atoms with Gasteiger partial charge in [-0.3, -0.25) is 14.4 Å². The maximum atomic E-state index is 13.4. The number of rotatable bonds is 8. The highest BCUT2D eigenvalue weighted by atomic mass is 16.7. The Morgan fingerprint density at radius 3 is 2.15 bits per heavy atom. The lowest BCUT2D eigenvalue weighted by molar-refractivity contribution is -0.140. The zero-order valence-electron chi connectivity index (χ0n) is 22.1. The van der Waals surface area contributed by atoms with Crippen LogP contribution in [0.5, 0.6) is 0 Å². The smallest absolute Gasteiger partial charge is 0.331 e. The van der Waals surface area contributed by atoms with Gasteiger partial charge in [-0.1, -0.05) is 48.8 Å². The normalized spacial score (nSPS) is 13.3. The summed E-state index contributed by atoms with van der Waals surface area (Å²) in [7, 11) is 0. The van der Waals surface area contributed by atoms with Gasteiger partial charge in [0.1, 0.15) is 5.71 Å². The van der Waals surface area contributed by atoms with E-state index in [0.717, 1.165) is 46.8 Å². The first-order valence-corrected chi connectivity index (χ1v) is 13.1. The third-order valence-corrected chi connectivity index (χ3v) is 7.00. The van der Waals surface area contributed by atoms with Crippen LogP contribution in [0.15, 0.2) is 71.4 Å². The monoisotopic (exact) mass is 520 g/mol. The molecule has 7 nitrogen and oxygen atoms in total. The summed E-state index contributed by atoms with van der Waals surface area (Å²) in [5.41, 5.74) is 4.30. The number of ketones is 3. The predicted octanol–water partition coefficient (Wildman–Crippen LogP) is 6.57. The van der Waals surface area contributed by atoms with E-state index in [1.165, 1.54) is 6.92 Å². The Morgan fingerprint density at radius 1 is 0.897 bits per heavy atom. The van der Waals surface area contributed by atoms with Gasteiger partial charge in [0.2, 0.25) is 5.78 Å². The number of oxime groups is 1. The molecule has 0 saturated carbocycles. The summed E-state index contributed by atoms with van der Waals surface area (Å²) in [5.74, 6) is -1.41. The molecule has 0 unspecified atom stereocenters. The maximum Gasteiger partial charge on any atom is 0.331 e. The summed E-state index contributed by atoms with van der Waals surface area (Å²) >= 11 is 0. The Bertz CT molecular complexity index is 1700. The number of aryl methyl sites for hydroxylation is 1. The van der Waals surface area contributed by atoms with Crippen molar-refractivity contribution in [3.8, 4) is 0 Å². The SMILES string of the molecule is CCCC/C(=N\OC(C)=O)C(=O)c1ccc2c(c1)c1cc(C=C3C(=O)c4ccccc4C3=O)ccc1n2CC. The van der Waals surface area contributed by atoms with Crippen molar-refractivity contribution < 1.29 is 24.0 Å². The molecule has 0 aliphatic heterocycles. The molecule has 0 saturated heterocycles. The summed E-state index contributed by atoms with van der Waals surface area (Å²) in [6, 6.07) is 18.2. The van der Waals surface area contributed by atoms with Gasteiger partial charge in [0.25, 0.3) is 0 Å². The first-order valence-electron chi connectivity index (χ1n) is 13.1. The molecule has 0 radical (unpaired) electrons. The Kier molecular flexibility index (Phi) is 7.07. The van der Waals surface area contributed by atoms with E-state index in [2.05, 4.69) is 16.6 Å². The Morgan fingerprint density at radius 2 is 1.54 bits per heavy atom. The average molecular weight is 521 g/mol. The molecule has 0 amide bonds. The quantitative estimate of drug-likeness (QED) is 0.0654. The predicted molar refractivity (Wildman–Crippen MR) is 151 cm³/mol. The third kappa shape index (κ3) is 4.72. The number of fused-ring (bicyclic) bond motifs is 4. The zero-order valence-corrected chi connectivity index (χ0v) is 22.1. The minimum atomic E-state index is -0.581. The second kappa shape index (κ2) is 10.6. The van der Waals surface area contributed by atoms with Crippen LogP contribution in [0.3, 0.4) is 0 Å². The van der Waals surface area contributed by atoms with E-state index >= 15 is 0 Å². The van der Waals surface area contributed by atoms with Crippen LogP contribution in [0.2, 0.25) is 0 Å². The third-order valence-electron chi connectivity index (χ3n) is 7.00. The maximum absolute atomic E-state index is 13.4. The van der Waals surface area contributed by atoms with Crippen LogP contribution in [-0.4, -0.2) is 33.6 Å². The van der Waals surface area contributed by atoms with E-state index in [9.17, 15) is 19.2 Å². The minimum absolute atomic E-state index is 0.146. The molecule has 196 valence electrons. The first kappa shape index (κ1) is 26.0. The molecule has 39 heavy (non-hydrogen) atoms. The molecule has 1 aliphatic rings. The number of benzene rings is 3. The van der Waals surface area contributed by atoms with Gasteiger partial charge in [-0.25, -0.2) is 4.79 Å². The van der Waals surface area contributed by atoms with E-state index < -0.39 is 5.97 Å². The number of nitrogens with zero attached hydrogens (tertiary/aromatic N) is 2. The zero-order chi connectivity index (χ0) is 27.7. The Labute approximate surface area is 225 Å². The number of carbonyl (C=O) groups excluding carboxylic acids is 4. The average Bonchev–Trinajstić information content (AvgIpc) is 3.38. The molecular formula is C32H28N2O5. The molecular weight excluding hydrogens is 492 g/mol. The van der Waals surface area contributed by atoms with Gasteiger partial charge in [-0.05, 0) is 61.7 Å². The lowest BCUT2D eigenvalue weighted by Gasteiger charge is -2.06. The highest BCUT2D eigenvalue weighted by Crippen LogP contribution is 2.33. The molecule has 5 rings (SSSR count). The van der Waals surface area contributed by atoms with Crippen molar-refractivity contribution >= 4 is 56.9 Å². The fourth-order valence-electron chi connectivity index (χ4n) is 5.09. The van der Waals surface area contributed by atoms with E-state index in [1.54, 1.807) is 36.4 Å². The second-order valence-electron chi connectivity index (χ2n) is 9.57. The molecule has 0 spiro atoms. The van der Waals surface area contributed by atoms with Crippen molar-refractivity contribution in [2.45, 2.75) is 46.6 Å². The summed E-state index contributed by atoms with van der Waals surface area (Å²) < 4.78 is 2.16. The van der Waals surface area contributed by atoms with Gasteiger partial charge in [0, 0.05) is 52.0 Å². The Balaban J connectivity index is 1.60. The summed E-state index contributed by atoms with van der Waals surface area (Å²) in [6.45, 7) is 6.03. The van der Waals surface area contributed by atoms with Crippen LogP contribution in [0.1, 0.15) is 76.7 Å². The van der Waals surface area contributed by atoms with Crippen LogP contribution in [-0.2, 0) is 16.2 Å². The molecule has 1 aromatic heterocycles. The number of hydrogen-bond acceptors (Lipinski definition) is 6. The highest BCUT2D eigenvalue weighted by Gasteiger charge is 2.32. The molecule has 1 heterocycles. The van der Waals surface area contributed by atoms with Crippen LogP contribution in [0.4, 0.5) is 0 Å². The number of unbranched alkanes of at least 4 members (excludes halogenated alkanes) is 1. The van der Waals surface area contributed by atoms with Crippen LogP contribution >= 0.6 is 0 Å². The molecule has 0 atom stereocenters. The number of aromatic nitrogens is 1. The van der Waals surface area contributed by atoms with Crippen LogP contribution in [0, 0.1) is 0 Å². The number of hydrogen-bond donors (Lipinski definition) is 0. The lowest BCUT2D eigenvalue weighted by atomic mass is 10.00. The van der Waals surface area contributed by atoms with Gasteiger partial charge < -0.3 is 9.40 Å². The Hall–Kier alpha value is -4.65. The van der Waals surface area contributed by atoms with E-state index in [1.807, 2.05) is 37.3 Å². The van der Waals surface area contributed by atoms with Crippen molar-refractivity contribution in [1.82, 2.24) is 4.57 Å². The van der Waals surface area contributed by atoms with Crippen molar-refractivity contribution in [2.75, 3.05) is 0 Å². The van der Waals surface area contributed by atoms with Gasteiger partial charge in [0.15, 0.2) is 11.6 Å². The molecule has 7 heteroatoms. The summed E-state index contributed by atoms with van der Waals surface area (Å²) in [4.78, 5) is 55.3. The lowest BCUT2D eigenvalue weighted by Crippen LogP contribution is -2.15. The standard InChI is InChI=1S/C32H28N2O5/c1-4-6-11-27(33-39-19(3)35)30(36)21-13-15-29-25(18-21)24-16-20(12-14-28(24)34(29)5-2)17-26-31(37)22-9-7-8-10-23(22)32(26)38/h7-10,12-18H,4-6,11H2,1-3H3/b33-27+. The fraction of sp³-hybridized carbons (Fsp3) is 0.219. The highest BCUT2D eigenvalue weighted by molar-refractivity contribution is 6.46. The summed E-state index contributed by atoms with van der Waals surface area (Å²) in [6.07, 6.45) is 3.65. The second-order valence-corrected chi connectivity index (χ2v) is 9.57. The van der Waals surface area contributed by atoms with Gasteiger partial charge >= 0.3 is 5.97 Å². The number of allylic oxidation sites excluding steroid dienone is 1. The fourth-order valence-corrected chi connectivity index (χ4v) is 5.09. The number of carbonyl (C=O) groups is 4. The molecule has 4 aromatic rings. The molecule has 3 aromatic carbocycles. The van der Waals surface area contributed by atoms with Crippen molar-refractivity contribution in [2.24, 2.45) is 5.16 Å². The van der Waals surface area contributed by atoms with Crippen LogP contribution in [0.25, 0.3) is 27.9 Å². The molecule has 0 N–H and O–H groups in total. The first-order chi connectivity index (χ1) is 18.8. The van der Waals surface area contributed by atoms with Crippen LogP contribution < -0.4 is 0 Å². The molecule has 1 aliphatic carbocycles. The largest absolute Gasteiger partial charge is 0.341 e.